The maximum Gasteiger partial charge on any atom is 0.337 e. The molecule has 0 spiro atoms. The molecule has 1 aromatic heterocycles. The molecule has 3 aromatic carbocycles. The third-order valence-corrected chi connectivity index (χ3v) is 4.62. The van der Waals surface area contributed by atoms with Gasteiger partial charge in [0.15, 0.2) is 5.88 Å². The van der Waals surface area contributed by atoms with Crippen LogP contribution in [0.25, 0.3) is 10.9 Å². The highest BCUT2D eigenvalue weighted by Gasteiger charge is 2.19. The molecule has 29 heavy (non-hydrogen) atoms. The summed E-state index contributed by atoms with van der Waals surface area (Å²) in [5, 5.41) is 11.4. The second-order valence-corrected chi connectivity index (χ2v) is 6.52. The maximum absolute atomic E-state index is 11.7. The molecule has 0 atom stereocenters. The summed E-state index contributed by atoms with van der Waals surface area (Å²) in [7, 11) is 1.34. The van der Waals surface area contributed by atoms with E-state index in [2.05, 4.69) is 4.98 Å². The number of hydrogen-bond donors (Lipinski definition) is 3. The molecule has 0 aliphatic carbocycles. The summed E-state index contributed by atoms with van der Waals surface area (Å²) in [6, 6.07) is 21.7. The first kappa shape index (κ1) is 18.3. The topological polar surface area (TPSA) is 101 Å². The summed E-state index contributed by atoms with van der Waals surface area (Å²) in [6.07, 6.45) is 0. The Bertz CT molecular complexity index is 1210. The van der Waals surface area contributed by atoms with Crippen molar-refractivity contribution in [2.45, 2.75) is 0 Å². The minimum absolute atomic E-state index is 0.0133. The van der Waals surface area contributed by atoms with Gasteiger partial charge in [-0.1, -0.05) is 30.3 Å². The number of esters is 1. The van der Waals surface area contributed by atoms with Crippen molar-refractivity contribution < 1.29 is 14.6 Å². The Labute approximate surface area is 167 Å². The summed E-state index contributed by atoms with van der Waals surface area (Å²) in [5.41, 5.74) is 10.4. The average molecular weight is 385 g/mol. The van der Waals surface area contributed by atoms with Gasteiger partial charge in [0.1, 0.15) is 0 Å². The molecule has 0 saturated heterocycles. The highest BCUT2D eigenvalue weighted by atomic mass is 16.5. The maximum atomic E-state index is 11.7. The van der Waals surface area contributed by atoms with Gasteiger partial charge in [0.05, 0.1) is 29.6 Å². The van der Waals surface area contributed by atoms with Gasteiger partial charge < -0.3 is 20.6 Å². The number of anilines is 1. The smallest absolute Gasteiger partial charge is 0.337 e. The van der Waals surface area contributed by atoms with E-state index in [0.717, 1.165) is 16.5 Å². The average Bonchev–Trinajstić information content (AvgIpc) is 3.07. The zero-order chi connectivity index (χ0) is 20.4. The molecule has 0 amide bonds. The summed E-state index contributed by atoms with van der Waals surface area (Å²) >= 11 is 0. The van der Waals surface area contributed by atoms with E-state index in [1.54, 1.807) is 36.4 Å². The van der Waals surface area contributed by atoms with Crippen LogP contribution in [-0.4, -0.2) is 28.9 Å². The predicted molar refractivity (Wildman–Crippen MR) is 114 cm³/mol. The molecule has 144 valence electrons. The van der Waals surface area contributed by atoms with E-state index >= 15 is 0 Å². The highest BCUT2D eigenvalue weighted by molar-refractivity contribution is 6.22. The van der Waals surface area contributed by atoms with E-state index in [-0.39, 0.29) is 5.88 Å². The van der Waals surface area contributed by atoms with Crippen molar-refractivity contribution in [3.63, 3.8) is 0 Å². The number of carbonyl (C=O) groups excluding carboxylic acids is 1. The number of methoxy groups -OCH3 is 1. The molecule has 0 aliphatic heterocycles. The monoisotopic (exact) mass is 385 g/mol. The van der Waals surface area contributed by atoms with Gasteiger partial charge >= 0.3 is 5.97 Å². The summed E-state index contributed by atoms with van der Waals surface area (Å²) < 4.78 is 4.74. The third-order valence-electron chi connectivity index (χ3n) is 4.62. The van der Waals surface area contributed by atoms with Crippen molar-refractivity contribution in [3.05, 3.63) is 89.5 Å². The van der Waals surface area contributed by atoms with Gasteiger partial charge in [-0.15, -0.1) is 0 Å². The number of aromatic nitrogens is 1. The third kappa shape index (κ3) is 3.55. The van der Waals surface area contributed by atoms with Crippen LogP contribution >= 0.6 is 0 Å². The SMILES string of the molecule is COC(=O)c1ccc(N=C(c2ccccc2)c2c(O)[nH]c3ccc(N)cc23)cc1. The van der Waals surface area contributed by atoms with E-state index in [1.807, 2.05) is 36.4 Å². The van der Waals surface area contributed by atoms with Crippen molar-refractivity contribution in [3.8, 4) is 5.88 Å². The molecule has 0 fully saturated rings. The number of aromatic amines is 1. The number of ether oxygens (including phenoxy) is 1. The first-order chi connectivity index (χ1) is 14.1. The van der Waals surface area contributed by atoms with Crippen molar-refractivity contribution in [2.24, 2.45) is 4.99 Å². The Morgan fingerprint density at radius 2 is 1.72 bits per heavy atom. The molecular weight excluding hydrogens is 366 g/mol. The molecule has 0 aliphatic rings. The second-order valence-electron chi connectivity index (χ2n) is 6.52. The Morgan fingerprint density at radius 1 is 1.00 bits per heavy atom. The fraction of sp³-hybridized carbons (Fsp3) is 0.0435. The van der Waals surface area contributed by atoms with Crippen LogP contribution in [0.4, 0.5) is 11.4 Å². The molecule has 0 unspecified atom stereocenters. The molecular formula is C23H19N3O3. The molecule has 4 N–H and O–H groups in total. The second kappa shape index (κ2) is 7.52. The number of fused-ring (bicyclic) bond motifs is 1. The van der Waals surface area contributed by atoms with E-state index < -0.39 is 5.97 Å². The van der Waals surface area contributed by atoms with Crippen LogP contribution in [0.1, 0.15) is 21.5 Å². The van der Waals surface area contributed by atoms with Gasteiger partial charge in [0.25, 0.3) is 0 Å². The fourth-order valence-electron chi connectivity index (χ4n) is 3.21. The fourth-order valence-corrected chi connectivity index (χ4v) is 3.21. The van der Waals surface area contributed by atoms with Gasteiger partial charge in [0.2, 0.25) is 0 Å². The highest BCUT2D eigenvalue weighted by Crippen LogP contribution is 2.32. The van der Waals surface area contributed by atoms with Crippen LogP contribution in [0.5, 0.6) is 5.88 Å². The van der Waals surface area contributed by atoms with Crippen molar-refractivity contribution in [1.82, 2.24) is 4.98 Å². The van der Waals surface area contributed by atoms with Gasteiger partial charge in [-0.2, -0.15) is 0 Å². The Balaban J connectivity index is 1.90. The molecule has 0 saturated carbocycles. The Hall–Kier alpha value is -4.06. The molecule has 0 bridgehead atoms. The lowest BCUT2D eigenvalue weighted by atomic mass is 10.0. The number of benzene rings is 3. The molecule has 4 rings (SSSR count). The van der Waals surface area contributed by atoms with Gasteiger partial charge in [-0.25, -0.2) is 9.79 Å². The van der Waals surface area contributed by atoms with Crippen LogP contribution in [-0.2, 0) is 4.74 Å². The van der Waals surface area contributed by atoms with Gasteiger partial charge in [0, 0.05) is 22.2 Å². The number of nitrogens with zero attached hydrogens (tertiary/aromatic N) is 1. The number of rotatable bonds is 4. The molecule has 6 heteroatoms. The number of carbonyl (C=O) groups is 1. The lowest BCUT2D eigenvalue weighted by molar-refractivity contribution is 0.0601. The Kier molecular flexibility index (Phi) is 4.75. The first-order valence-corrected chi connectivity index (χ1v) is 9.00. The summed E-state index contributed by atoms with van der Waals surface area (Å²) in [5.74, 6) is -0.395. The van der Waals surface area contributed by atoms with Crippen LogP contribution in [0, 0.1) is 0 Å². The van der Waals surface area contributed by atoms with Crippen LogP contribution < -0.4 is 5.73 Å². The lowest BCUT2D eigenvalue weighted by Crippen LogP contribution is -2.03. The van der Waals surface area contributed by atoms with Gasteiger partial charge in [-0.05, 0) is 42.5 Å². The standard InChI is InChI=1S/C23H19N3O3/c1-29-23(28)15-7-10-17(11-8-15)25-21(14-5-3-2-4-6-14)20-18-13-16(24)9-12-19(18)26-22(20)27/h2-13,26-27H,24H2,1H3. The molecule has 4 aromatic rings. The largest absolute Gasteiger partial charge is 0.494 e. The van der Waals surface area contributed by atoms with Crippen LogP contribution in [0.2, 0.25) is 0 Å². The molecule has 0 radical (unpaired) electrons. The zero-order valence-corrected chi connectivity index (χ0v) is 15.7. The zero-order valence-electron chi connectivity index (χ0n) is 15.7. The van der Waals surface area contributed by atoms with Crippen molar-refractivity contribution in [2.75, 3.05) is 12.8 Å². The van der Waals surface area contributed by atoms with E-state index in [1.165, 1.54) is 7.11 Å². The van der Waals surface area contributed by atoms with Crippen LogP contribution in [0.15, 0.2) is 77.8 Å². The number of nitrogens with one attached hydrogen (secondary N) is 1. The predicted octanol–water partition coefficient (Wildman–Crippen LogP) is 4.41. The molecule has 6 nitrogen and oxygen atoms in total. The number of hydrogen-bond acceptors (Lipinski definition) is 5. The normalized spacial score (nSPS) is 11.6. The van der Waals surface area contributed by atoms with E-state index in [0.29, 0.717) is 28.2 Å². The number of aromatic hydroxyl groups is 1. The van der Waals surface area contributed by atoms with Gasteiger partial charge in [-0.3, -0.25) is 0 Å². The number of H-pyrrole nitrogens is 1. The number of nitrogen functional groups attached to an aromatic ring is 1. The molecule has 1 heterocycles. The Morgan fingerprint density at radius 3 is 2.41 bits per heavy atom. The summed E-state index contributed by atoms with van der Waals surface area (Å²) in [6.45, 7) is 0. The minimum atomic E-state index is -0.409. The lowest BCUT2D eigenvalue weighted by Gasteiger charge is -2.08. The van der Waals surface area contributed by atoms with E-state index in [4.69, 9.17) is 15.5 Å². The first-order valence-electron chi connectivity index (χ1n) is 9.00. The van der Waals surface area contributed by atoms with E-state index in [9.17, 15) is 9.90 Å². The quantitative estimate of drug-likeness (QED) is 0.275. The summed E-state index contributed by atoms with van der Waals surface area (Å²) in [4.78, 5) is 19.4. The number of aliphatic imine (C=N–C) groups is 1. The van der Waals surface area contributed by atoms with Crippen molar-refractivity contribution in [1.29, 1.82) is 0 Å². The number of nitrogens with two attached hydrogens (primary N) is 1. The minimum Gasteiger partial charge on any atom is -0.494 e. The van der Waals surface area contributed by atoms with Crippen LogP contribution in [0.3, 0.4) is 0 Å². The van der Waals surface area contributed by atoms with Crippen molar-refractivity contribution >= 4 is 34.0 Å².